The first-order valence-electron chi connectivity index (χ1n) is 8.21. The van der Waals surface area contributed by atoms with E-state index < -0.39 is 0 Å². The highest BCUT2D eigenvalue weighted by Gasteiger charge is 2.14. The highest BCUT2D eigenvalue weighted by molar-refractivity contribution is 6.42. The zero-order valence-electron chi connectivity index (χ0n) is 13.9. The molecular formula is C19H22Cl2N2O2. The molecule has 0 spiro atoms. The number of hydrogen-bond acceptors (Lipinski definition) is 2. The molecule has 2 amide bonds. The molecule has 0 heterocycles. The maximum atomic E-state index is 12.5. The number of rotatable bonds is 8. The van der Waals surface area contributed by atoms with Crippen molar-refractivity contribution in [3.05, 3.63) is 69.7 Å². The van der Waals surface area contributed by atoms with Gasteiger partial charge in [-0.1, -0.05) is 59.6 Å². The summed E-state index contributed by atoms with van der Waals surface area (Å²) in [5.74, 6) is 0. The molecule has 4 nitrogen and oxygen atoms in total. The van der Waals surface area contributed by atoms with Gasteiger partial charge in [0.1, 0.15) is 0 Å². The Morgan fingerprint density at radius 3 is 2.48 bits per heavy atom. The second-order valence-electron chi connectivity index (χ2n) is 5.71. The number of benzene rings is 2. The number of carbonyl (C=O) groups excluding carboxylic acids is 1. The third kappa shape index (κ3) is 6.58. The topological polar surface area (TPSA) is 52.6 Å². The van der Waals surface area contributed by atoms with Gasteiger partial charge in [-0.25, -0.2) is 4.79 Å². The van der Waals surface area contributed by atoms with E-state index in [9.17, 15) is 4.79 Å². The Kier molecular flexibility index (Phi) is 8.06. The third-order valence-electron chi connectivity index (χ3n) is 3.76. The van der Waals surface area contributed by atoms with Crippen LogP contribution in [0.2, 0.25) is 10.0 Å². The van der Waals surface area contributed by atoms with Crippen molar-refractivity contribution in [1.29, 1.82) is 0 Å². The van der Waals surface area contributed by atoms with Crippen LogP contribution < -0.4 is 5.32 Å². The molecule has 0 saturated heterocycles. The molecule has 134 valence electrons. The largest absolute Gasteiger partial charge is 0.396 e. The van der Waals surface area contributed by atoms with Gasteiger partial charge in [0.2, 0.25) is 0 Å². The molecule has 0 saturated carbocycles. The quantitative estimate of drug-likeness (QED) is 0.723. The fourth-order valence-electron chi connectivity index (χ4n) is 2.44. The van der Waals surface area contributed by atoms with Crippen LogP contribution in [0, 0.1) is 0 Å². The van der Waals surface area contributed by atoms with Gasteiger partial charge < -0.3 is 15.3 Å². The first-order valence-corrected chi connectivity index (χ1v) is 8.97. The maximum Gasteiger partial charge on any atom is 0.317 e. The molecule has 0 atom stereocenters. The highest BCUT2D eigenvalue weighted by Crippen LogP contribution is 2.23. The average molecular weight is 381 g/mol. The van der Waals surface area contributed by atoms with Crippen LogP contribution in [-0.2, 0) is 13.0 Å². The predicted octanol–water partition coefficient (Wildman–Crippen LogP) is 4.13. The van der Waals surface area contributed by atoms with Crippen molar-refractivity contribution in [2.75, 3.05) is 19.7 Å². The Balaban J connectivity index is 1.92. The van der Waals surface area contributed by atoms with Crippen molar-refractivity contribution in [1.82, 2.24) is 10.2 Å². The maximum absolute atomic E-state index is 12.5. The summed E-state index contributed by atoms with van der Waals surface area (Å²) in [6.45, 7) is 1.47. The lowest BCUT2D eigenvalue weighted by atomic mass is 10.1. The van der Waals surface area contributed by atoms with E-state index in [4.69, 9.17) is 28.3 Å². The first kappa shape index (κ1) is 19.6. The highest BCUT2D eigenvalue weighted by atomic mass is 35.5. The monoisotopic (exact) mass is 380 g/mol. The lowest BCUT2D eigenvalue weighted by Crippen LogP contribution is -2.41. The van der Waals surface area contributed by atoms with Crippen molar-refractivity contribution in [2.45, 2.75) is 19.4 Å². The first-order chi connectivity index (χ1) is 12.1. The summed E-state index contributed by atoms with van der Waals surface area (Å²) in [6.07, 6.45) is 1.29. The smallest absolute Gasteiger partial charge is 0.317 e. The van der Waals surface area contributed by atoms with Gasteiger partial charge in [-0.3, -0.25) is 0 Å². The van der Waals surface area contributed by atoms with Gasteiger partial charge >= 0.3 is 6.03 Å². The van der Waals surface area contributed by atoms with Gasteiger partial charge in [-0.15, -0.1) is 0 Å². The molecule has 0 fully saturated rings. The number of aliphatic hydroxyl groups is 1. The zero-order chi connectivity index (χ0) is 18.1. The zero-order valence-corrected chi connectivity index (χ0v) is 15.4. The molecule has 2 aromatic rings. The Morgan fingerprint density at radius 1 is 1.04 bits per heavy atom. The van der Waals surface area contributed by atoms with E-state index in [1.54, 1.807) is 17.0 Å². The van der Waals surface area contributed by atoms with E-state index in [0.717, 1.165) is 12.0 Å². The lowest BCUT2D eigenvalue weighted by Gasteiger charge is -2.23. The Morgan fingerprint density at radius 2 is 1.80 bits per heavy atom. The fraction of sp³-hybridized carbons (Fsp3) is 0.316. The standard InChI is InChI=1S/C19H22Cl2N2O2/c20-17-8-7-16(13-18(17)21)14-23(11-4-12-24)19(25)22-10-9-15-5-2-1-3-6-15/h1-3,5-8,13,24H,4,9-12,14H2,(H,22,25). The number of urea groups is 1. The minimum Gasteiger partial charge on any atom is -0.396 e. The van der Waals surface area contributed by atoms with Gasteiger partial charge in [0, 0.05) is 26.2 Å². The Bertz CT molecular complexity index is 680. The van der Waals surface area contributed by atoms with Crippen LogP contribution >= 0.6 is 23.2 Å². The van der Waals surface area contributed by atoms with E-state index in [0.29, 0.717) is 36.1 Å². The van der Waals surface area contributed by atoms with Crippen molar-refractivity contribution >= 4 is 29.2 Å². The fourth-order valence-corrected chi connectivity index (χ4v) is 2.76. The molecule has 2 N–H and O–H groups in total. The third-order valence-corrected chi connectivity index (χ3v) is 4.50. The van der Waals surface area contributed by atoms with Crippen molar-refractivity contribution < 1.29 is 9.90 Å². The molecule has 0 aliphatic carbocycles. The van der Waals surface area contributed by atoms with Crippen molar-refractivity contribution in [2.24, 2.45) is 0 Å². The number of amides is 2. The second-order valence-corrected chi connectivity index (χ2v) is 6.53. The summed E-state index contributed by atoms with van der Waals surface area (Å²) < 4.78 is 0. The van der Waals surface area contributed by atoms with Gasteiger partial charge in [0.15, 0.2) is 0 Å². The lowest BCUT2D eigenvalue weighted by molar-refractivity contribution is 0.186. The number of hydrogen-bond donors (Lipinski definition) is 2. The summed E-state index contributed by atoms with van der Waals surface area (Å²) in [5, 5.41) is 13.0. The molecule has 0 aromatic heterocycles. The van der Waals surface area contributed by atoms with Crippen LogP contribution in [0.4, 0.5) is 4.79 Å². The van der Waals surface area contributed by atoms with Crippen LogP contribution in [0.25, 0.3) is 0 Å². The summed E-state index contributed by atoms with van der Waals surface area (Å²) in [6, 6.07) is 15.2. The van der Waals surface area contributed by atoms with Crippen LogP contribution in [0.1, 0.15) is 17.5 Å². The summed E-state index contributed by atoms with van der Waals surface area (Å²) in [7, 11) is 0. The van der Waals surface area contributed by atoms with Crippen LogP contribution in [0.5, 0.6) is 0 Å². The molecule has 0 unspecified atom stereocenters. The summed E-state index contributed by atoms with van der Waals surface area (Å²) >= 11 is 12.0. The SMILES string of the molecule is O=C(NCCc1ccccc1)N(CCCO)Cc1ccc(Cl)c(Cl)c1. The van der Waals surface area contributed by atoms with Crippen molar-refractivity contribution in [3.8, 4) is 0 Å². The normalized spacial score (nSPS) is 10.5. The van der Waals surface area contributed by atoms with Gasteiger partial charge in [0.25, 0.3) is 0 Å². The molecule has 0 aliphatic heterocycles. The van der Waals surface area contributed by atoms with Crippen molar-refractivity contribution in [3.63, 3.8) is 0 Å². The molecule has 2 rings (SSSR count). The summed E-state index contributed by atoms with van der Waals surface area (Å²) in [4.78, 5) is 14.1. The van der Waals surface area contributed by atoms with Gasteiger partial charge in [0.05, 0.1) is 10.0 Å². The predicted molar refractivity (Wildman–Crippen MR) is 102 cm³/mol. The van der Waals surface area contributed by atoms with E-state index in [-0.39, 0.29) is 12.6 Å². The van der Waals surface area contributed by atoms with Gasteiger partial charge in [-0.2, -0.15) is 0 Å². The Labute approximate surface area is 158 Å². The average Bonchev–Trinajstić information content (AvgIpc) is 2.62. The van der Waals surface area contributed by atoms with E-state index in [2.05, 4.69) is 5.32 Å². The number of halogens is 2. The van der Waals surface area contributed by atoms with E-state index >= 15 is 0 Å². The minimum atomic E-state index is -0.157. The molecule has 6 heteroatoms. The van der Waals surface area contributed by atoms with Gasteiger partial charge in [-0.05, 0) is 36.1 Å². The molecule has 0 bridgehead atoms. The minimum absolute atomic E-state index is 0.0369. The molecule has 0 radical (unpaired) electrons. The number of aliphatic hydroxyl groups excluding tert-OH is 1. The van der Waals surface area contributed by atoms with E-state index in [1.807, 2.05) is 36.4 Å². The van der Waals surface area contributed by atoms with E-state index in [1.165, 1.54) is 5.56 Å². The molecule has 2 aromatic carbocycles. The van der Waals surface area contributed by atoms with Crippen LogP contribution in [-0.4, -0.2) is 35.7 Å². The van der Waals surface area contributed by atoms with Crippen LogP contribution in [0.3, 0.4) is 0 Å². The molecular weight excluding hydrogens is 359 g/mol. The summed E-state index contributed by atoms with van der Waals surface area (Å²) in [5.41, 5.74) is 2.07. The number of nitrogens with one attached hydrogen (secondary N) is 1. The number of nitrogens with zero attached hydrogens (tertiary/aromatic N) is 1. The molecule has 25 heavy (non-hydrogen) atoms. The number of carbonyl (C=O) groups is 1. The Hall–Kier alpha value is -1.75. The second kappa shape index (κ2) is 10.3. The van der Waals surface area contributed by atoms with Crippen LogP contribution in [0.15, 0.2) is 48.5 Å². The molecule has 0 aliphatic rings.